The topological polar surface area (TPSA) is 0 Å². The van der Waals surface area contributed by atoms with E-state index in [1.165, 1.54) is 0 Å². The van der Waals surface area contributed by atoms with Crippen molar-refractivity contribution in [1.29, 1.82) is 0 Å². The van der Waals surface area contributed by atoms with Crippen molar-refractivity contribution in [3.05, 3.63) is 72.8 Å². The average molecular weight is 246 g/mol. The molecule has 0 fully saturated rings. The Labute approximate surface area is 110 Å². The van der Waals surface area contributed by atoms with Crippen molar-refractivity contribution in [2.24, 2.45) is 0 Å². The van der Waals surface area contributed by atoms with Crippen LogP contribution in [0.1, 0.15) is 13.3 Å². The fourth-order valence-electron chi connectivity index (χ4n) is 0.846. The molecule has 0 spiro atoms. The van der Waals surface area contributed by atoms with Gasteiger partial charge in [-0.1, -0.05) is 0 Å². The van der Waals surface area contributed by atoms with Crippen LogP contribution in [0.25, 0.3) is 0 Å². The van der Waals surface area contributed by atoms with E-state index in [0.29, 0.717) is 0 Å². The van der Waals surface area contributed by atoms with Crippen molar-refractivity contribution in [2.75, 3.05) is 0 Å². The zero-order valence-corrected chi connectivity index (χ0v) is 11.3. The van der Waals surface area contributed by atoms with Crippen LogP contribution in [0.2, 0.25) is 0 Å². The Kier molecular flexibility index (Phi) is 13.2. The smallest absolute Gasteiger partial charge is 0.172 e. The normalized spacial score (nSPS) is 8.69. The van der Waals surface area contributed by atoms with Crippen molar-refractivity contribution in [1.82, 2.24) is 0 Å². The van der Waals surface area contributed by atoms with E-state index in [1.54, 1.807) is 0 Å². The molecule has 0 N–H and O–H groups in total. The molecule has 2 rings (SSSR count). The Bertz CT molecular complexity index is 254. The summed E-state index contributed by atoms with van der Waals surface area (Å²) in [4.78, 5) is 0. The molecular weight excluding hydrogens is 228 g/mol. The standard InChI is InChI=1S/2C5H5.C5H8.Ti/c2*1-2-4-5-3-1;1-3-5-4-2;/h2*1-5H;1,3,5H,4H2,2H3;/q2*-1;;+2/b;;5-3+;. The zero-order chi connectivity index (χ0) is 11.9. The van der Waals surface area contributed by atoms with Crippen LogP contribution in [0, 0.1) is 0 Å². The fourth-order valence-corrected chi connectivity index (χ4v) is 1.06. The second-order valence-corrected chi connectivity index (χ2v) is 3.45. The second kappa shape index (κ2) is 14.0. The summed E-state index contributed by atoms with van der Waals surface area (Å²) in [6.45, 7) is 2.12. The molecule has 0 aliphatic carbocycles. The average Bonchev–Trinajstić information content (AvgIpc) is 3.00. The first-order valence-corrected chi connectivity index (χ1v) is 6.31. The summed E-state index contributed by atoms with van der Waals surface area (Å²) in [5.74, 6) is 0. The van der Waals surface area contributed by atoms with Gasteiger partial charge in [0.2, 0.25) is 0 Å². The molecule has 0 aliphatic heterocycles. The van der Waals surface area contributed by atoms with Gasteiger partial charge in [-0.15, -0.1) is 0 Å². The van der Waals surface area contributed by atoms with E-state index < -0.39 is 0 Å². The van der Waals surface area contributed by atoms with Gasteiger partial charge >= 0.3 is 49.8 Å². The third-order valence-electron chi connectivity index (χ3n) is 1.58. The van der Waals surface area contributed by atoms with E-state index >= 15 is 0 Å². The first-order chi connectivity index (χ1) is 7.91. The van der Waals surface area contributed by atoms with Crippen LogP contribution in [0.4, 0.5) is 0 Å². The summed E-state index contributed by atoms with van der Waals surface area (Å²) < 4.78 is 2.03. The van der Waals surface area contributed by atoms with Gasteiger partial charge in [-0.2, -0.15) is 36.4 Å². The van der Waals surface area contributed by atoms with E-state index in [1.807, 2.05) is 84.9 Å². The Morgan fingerprint density at radius 1 is 0.938 bits per heavy atom. The number of hydrogen-bond acceptors (Lipinski definition) is 0. The van der Waals surface area contributed by atoms with Gasteiger partial charge < -0.3 is 0 Å². The van der Waals surface area contributed by atoms with Gasteiger partial charge in [-0.25, -0.2) is 24.3 Å². The summed E-state index contributed by atoms with van der Waals surface area (Å²) in [5.41, 5.74) is 0. The Morgan fingerprint density at radius 3 is 1.50 bits per heavy atom. The third kappa shape index (κ3) is 13.0. The van der Waals surface area contributed by atoms with Crippen molar-refractivity contribution < 1.29 is 20.0 Å². The minimum atomic E-state index is 1.14. The van der Waals surface area contributed by atoms with Gasteiger partial charge in [0.05, 0.1) is 0 Å². The van der Waals surface area contributed by atoms with Crippen LogP contribution in [0.5, 0.6) is 0 Å². The second-order valence-electron chi connectivity index (χ2n) is 2.93. The summed E-state index contributed by atoms with van der Waals surface area (Å²) in [6, 6.07) is 20.0. The molecule has 0 saturated heterocycles. The molecule has 0 unspecified atom stereocenters. The summed E-state index contributed by atoms with van der Waals surface area (Å²) in [6.07, 6.45) is 5.32. The molecule has 0 aromatic heterocycles. The van der Waals surface area contributed by atoms with Crippen molar-refractivity contribution in [3.63, 3.8) is 0 Å². The quantitative estimate of drug-likeness (QED) is 0.552. The maximum Gasteiger partial charge on any atom is -0.172 e. The first-order valence-electron chi connectivity index (χ1n) is 5.40. The van der Waals surface area contributed by atoms with E-state index in [-0.39, 0.29) is 0 Å². The molecular formula is C15H18Ti. The minimum absolute atomic E-state index is 1.14. The maximum absolute atomic E-state index is 2.12. The summed E-state index contributed by atoms with van der Waals surface area (Å²) >= 11 is 2.02. The molecule has 16 heavy (non-hydrogen) atoms. The van der Waals surface area contributed by atoms with Gasteiger partial charge in [-0.05, 0) is 0 Å². The van der Waals surface area contributed by atoms with E-state index in [2.05, 4.69) is 19.1 Å². The van der Waals surface area contributed by atoms with Crippen molar-refractivity contribution in [3.8, 4) is 0 Å². The minimum Gasteiger partial charge on any atom is -0.214 e. The molecule has 0 atom stereocenters. The van der Waals surface area contributed by atoms with Crippen LogP contribution < -0.4 is 0 Å². The Balaban J connectivity index is 0.000000211. The van der Waals surface area contributed by atoms with Crippen LogP contribution in [0.15, 0.2) is 72.8 Å². The molecule has 0 amide bonds. The molecule has 2 aromatic carbocycles. The molecule has 2 aromatic rings. The van der Waals surface area contributed by atoms with Gasteiger partial charge in [-0.3, -0.25) is 0 Å². The predicted octanol–water partition coefficient (Wildman–Crippen LogP) is 4.11. The van der Waals surface area contributed by atoms with Gasteiger partial charge in [0.15, 0.2) is 0 Å². The summed E-state index contributed by atoms with van der Waals surface area (Å²) in [7, 11) is 0. The van der Waals surface area contributed by atoms with E-state index in [4.69, 9.17) is 0 Å². The number of rotatable bonds is 2. The largest absolute Gasteiger partial charge is 0.214 e. The Morgan fingerprint density at radius 2 is 1.38 bits per heavy atom. The molecule has 0 radical (unpaired) electrons. The van der Waals surface area contributed by atoms with Crippen molar-refractivity contribution in [2.45, 2.75) is 13.3 Å². The summed E-state index contributed by atoms with van der Waals surface area (Å²) in [5, 5.41) is 0. The van der Waals surface area contributed by atoms with Crippen molar-refractivity contribution >= 4 is 4.31 Å². The van der Waals surface area contributed by atoms with E-state index in [0.717, 1.165) is 6.42 Å². The van der Waals surface area contributed by atoms with Gasteiger partial charge in [0.1, 0.15) is 0 Å². The molecule has 0 saturated carbocycles. The van der Waals surface area contributed by atoms with E-state index in [9.17, 15) is 0 Å². The van der Waals surface area contributed by atoms with Gasteiger partial charge in [0.25, 0.3) is 0 Å². The Hall–Kier alpha value is -0.976. The van der Waals surface area contributed by atoms with Crippen LogP contribution in [0.3, 0.4) is 0 Å². The molecule has 0 aliphatic rings. The number of allylic oxidation sites excluding steroid dienone is 2. The SMILES string of the molecule is CC/C=C/[CH]=[Ti+2].c1cc[cH-]c1.c1cc[cH-]c1. The third-order valence-corrected chi connectivity index (χ3v) is 1.88. The molecule has 82 valence electrons. The monoisotopic (exact) mass is 246 g/mol. The fraction of sp³-hybridized carbons (Fsp3) is 0.133. The molecule has 1 heteroatoms. The zero-order valence-electron chi connectivity index (χ0n) is 9.71. The van der Waals surface area contributed by atoms with Crippen LogP contribution in [-0.2, 0) is 20.0 Å². The van der Waals surface area contributed by atoms with Crippen LogP contribution in [-0.4, -0.2) is 4.31 Å². The number of hydrogen-bond donors (Lipinski definition) is 0. The first kappa shape index (κ1) is 15.0. The maximum atomic E-state index is 2.12. The molecule has 0 nitrogen and oxygen atoms in total. The molecule has 0 bridgehead atoms. The predicted molar refractivity (Wildman–Crippen MR) is 69.6 cm³/mol. The van der Waals surface area contributed by atoms with Crippen LogP contribution >= 0.6 is 0 Å². The van der Waals surface area contributed by atoms with Gasteiger partial charge in [0, 0.05) is 0 Å². The molecule has 0 heterocycles.